The predicted molar refractivity (Wildman–Crippen MR) is 65.7 cm³/mol. The standard InChI is InChI=1S/C11H16N2S/c1-3-9-6-5-7-10(8-9)13-11(14)12-4-2/h5-8H,3-4H2,1-2H3,(H2,12,13,14). The smallest absolute Gasteiger partial charge is 0.170 e. The molecule has 2 N–H and O–H groups in total. The van der Waals surface area contributed by atoms with Crippen molar-refractivity contribution in [3.63, 3.8) is 0 Å². The van der Waals surface area contributed by atoms with E-state index in [9.17, 15) is 0 Å². The van der Waals surface area contributed by atoms with Gasteiger partial charge in [0.1, 0.15) is 0 Å². The molecule has 0 aromatic heterocycles. The summed E-state index contributed by atoms with van der Waals surface area (Å²) >= 11 is 5.09. The van der Waals surface area contributed by atoms with Crippen LogP contribution in [0.1, 0.15) is 19.4 Å². The second-order valence-electron chi connectivity index (χ2n) is 3.04. The molecule has 1 aromatic carbocycles. The van der Waals surface area contributed by atoms with E-state index in [1.54, 1.807) is 0 Å². The minimum Gasteiger partial charge on any atom is -0.363 e. The fourth-order valence-corrected chi connectivity index (χ4v) is 1.47. The lowest BCUT2D eigenvalue weighted by Crippen LogP contribution is -2.27. The van der Waals surface area contributed by atoms with Crippen LogP contribution in [0.5, 0.6) is 0 Å². The third-order valence-corrected chi connectivity index (χ3v) is 2.18. The van der Waals surface area contributed by atoms with E-state index < -0.39 is 0 Å². The van der Waals surface area contributed by atoms with Gasteiger partial charge >= 0.3 is 0 Å². The van der Waals surface area contributed by atoms with Gasteiger partial charge in [-0.3, -0.25) is 0 Å². The summed E-state index contributed by atoms with van der Waals surface area (Å²) in [6.45, 7) is 5.01. The van der Waals surface area contributed by atoms with Crippen LogP contribution in [0.4, 0.5) is 5.69 Å². The lowest BCUT2D eigenvalue weighted by Gasteiger charge is -2.09. The SMILES string of the molecule is CCNC(=S)Nc1cccc(CC)c1. The number of aryl methyl sites for hydroxylation is 1. The van der Waals surface area contributed by atoms with Gasteiger partial charge in [-0.1, -0.05) is 19.1 Å². The molecule has 0 heterocycles. The average Bonchev–Trinajstić information content (AvgIpc) is 2.18. The van der Waals surface area contributed by atoms with Crippen LogP contribution in [0.25, 0.3) is 0 Å². The summed E-state index contributed by atoms with van der Waals surface area (Å²) in [5.41, 5.74) is 2.37. The highest BCUT2D eigenvalue weighted by atomic mass is 32.1. The van der Waals surface area contributed by atoms with Crippen LogP contribution >= 0.6 is 12.2 Å². The Morgan fingerprint density at radius 3 is 2.79 bits per heavy atom. The minimum atomic E-state index is 0.681. The van der Waals surface area contributed by atoms with E-state index in [4.69, 9.17) is 12.2 Å². The zero-order valence-corrected chi connectivity index (χ0v) is 9.45. The van der Waals surface area contributed by atoms with E-state index in [1.807, 2.05) is 19.1 Å². The first kappa shape index (κ1) is 11.0. The van der Waals surface area contributed by atoms with E-state index in [0.29, 0.717) is 5.11 Å². The Kier molecular flexibility index (Phi) is 4.40. The molecule has 1 rings (SSSR count). The van der Waals surface area contributed by atoms with Gasteiger partial charge in [0.2, 0.25) is 0 Å². The summed E-state index contributed by atoms with van der Waals surface area (Å²) in [5.74, 6) is 0. The van der Waals surface area contributed by atoms with Gasteiger partial charge in [0, 0.05) is 12.2 Å². The molecule has 0 unspecified atom stereocenters. The van der Waals surface area contributed by atoms with Crippen molar-refractivity contribution in [2.45, 2.75) is 20.3 Å². The van der Waals surface area contributed by atoms with E-state index in [1.165, 1.54) is 5.56 Å². The molecule has 3 heteroatoms. The fraction of sp³-hybridized carbons (Fsp3) is 0.364. The van der Waals surface area contributed by atoms with Crippen LogP contribution < -0.4 is 10.6 Å². The van der Waals surface area contributed by atoms with Crippen molar-refractivity contribution in [3.8, 4) is 0 Å². The molecule has 0 bridgehead atoms. The number of hydrogen-bond acceptors (Lipinski definition) is 1. The quantitative estimate of drug-likeness (QED) is 0.747. The topological polar surface area (TPSA) is 24.1 Å². The minimum absolute atomic E-state index is 0.681. The number of benzene rings is 1. The average molecular weight is 208 g/mol. The molecule has 76 valence electrons. The summed E-state index contributed by atoms with van der Waals surface area (Å²) in [6, 6.07) is 8.28. The maximum Gasteiger partial charge on any atom is 0.170 e. The molecule has 0 atom stereocenters. The molecule has 0 saturated carbocycles. The van der Waals surface area contributed by atoms with Crippen molar-refractivity contribution in [2.75, 3.05) is 11.9 Å². The third kappa shape index (κ3) is 3.34. The summed E-state index contributed by atoms with van der Waals surface area (Å²) < 4.78 is 0. The molecule has 0 amide bonds. The maximum absolute atomic E-state index is 5.09. The van der Waals surface area contributed by atoms with Crippen molar-refractivity contribution in [2.24, 2.45) is 0 Å². The Bertz CT molecular complexity index is 310. The first-order chi connectivity index (χ1) is 6.76. The van der Waals surface area contributed by atoms with E-state index in [0.717, 1.165) is 18.7 Å². The molecule has 14 heavy (non-hydrogen) atoms. The van der Waals surface area contributed by atoms with Gasteiger partial charge in [0.05, 0.1) is 0 Å². The molecule has 1 aromatic rings. The Balaban J connectivity index is 2.62. The van der Waals surface area contributed by atoms with Gasteiger partial charge in [-0.25, -0.2) is 0 Å². The molecule has 2 nitrogen and oxygen atoms in total. The van der Waals surface area contributed by atoms with Crippen LogP contribution in [0.3, 0.4) is 0 Å². The molecular formula is C11H16N2S. The second-order valence-corrected chi connectivity index (χ2v) is 3.45. The van der Waals surface area contributed by atoms with E-state index >= 15 is 0 Å². The van der Waals surface area contributed by atoms with Crippen LogP contribution in [-0.2, 0) is 6.42 Å². The normalized spacial score (nSPS) is 9.57. The van der Waals surface area contributed by atoms with Gasteiger partial charge in [0.15, 0.2) is 5.11 Å². The first-order valence-corrected chi connectivity index (χ1v) is 5.31. The van der Waals surface area contributed by atoms with Gasteiger partial charge < -0.3 is 10.6 Å². The first-order valence-electron chi connectivity index (χ1n) is 4.90. The molecule has 0 aliphatic carbocycles. The Morgan fingerprint density at radius 1 is 1.36 bits per heavy atom. The Hall–Kier alpha value is -1.09. The summed E-state index contributed by atoms with van der Waals surface area (Å²) in [7, 11) is 0. The molecule has 0 spiro atoms. The molecule has 0 fully saturated rings. The van der Waals surface area contributed by atoms with Crippen molar-refractivity contribution in [1.29, 1.82) is 0 Å². The highest BCUT2D eigenvalue weighted by Crippen LogP contribution is 2.10. The van der Waals surface area contributed by atoms with Gasteiger partial charge in [-0.15, -0.1) is 0 Å². The highest BCUT2D eigenvalue weighted by Gasteiger charge is 1.96. The summed E-state index contributed by atoms with van der Waals surface area (Å²) in [6.07, 6.45) is 1.05. The summed E-state index contributed by atoms with van der Waals surface area (Å²) in [5, 5.41) is 6.87. The molecule has 0 radical (unpaired) electrons. The van der Waals surface area contributed by atoms with Gasteiger partial charge in [-0.2, -0.15) is 0 Å². The fourth-order valence-electron chi connectivity index (χ4n) is 1.20. The van der Waals surface area contributed by atoms with Gasteiger partial charge in [-0.05, 0) is 43.3 Å². The van der Waals surface area contributed by atoms with Crippen LogP contribution in [0.15, 0.2) is 24.3 Å². The maximum atomic E-state index is 5.09. The molecule has 0 saturated heterocycles. The number of thiocarbonyl (C=S) groups is 1. The molecule has 0 aliphatic rings. The van der Waals surface area contributed by atoms with Gasteiger partial charge in [0.25, 0.3) is 0 Å². The van der Waals surface area contributed by atoms with E-state index in [2.05, 4.69) is 29.7 Å². The van der Waals surface area contributed by atoms with Crippen LogP contribution in [-0.4, -0.2) is 11.7 Å². The Labute approximate surface area is 90.7 Å². The third-order valence-electron chi connectivity index (χ3n) is 1.93. The Morgan fingerprint density at radius 2 is 2.14 bits per heavy atom. The predicted octanol–water partition coefficient (Wildman–Crippen LogP) is 2.56. The largest absolute Gasteiger partial charge is 0.363 e. The van der Waals surface area contributed by atoms with Crippen LogP contribution in [0, 0.1) is 0 Å². The number of anilines is 1. The summed E-state index contributed by atoms with van der Waals surface area (Å²) in [4.78, 5) is 0. The zero-order chi connectivity index (χ0) is 10.4. The zero-order valence-electron chi connectivity index (χ0n) is 8.63. The van der Waals surface area contributed by atoms with Crippen LogP contribution in [0.2, 0.25) is 0 Å². The van der Waals surface area contributed by atoms with Crippen molar-refractivity contribution in [1.82, 2.24) is 5.32 Å². The van der Waals surface area contributed by atoms with E-state index in [-0.39, 0.29) is 0 Å². The van der Waals surface area contributed by atoms with Crippen molar-refractivity contribution < 1.29 is 0 Å². The lowest BCUT2D eigenvalue weighted by molar-refractivity contribution is 0.979. The number of nitrogens with one attached hydrogen (secondary N) is 2. The second kappa shape index (κ2) is 5.60. The lowest BCUT2D eigenvalue weighted by atomic mass is 10.1. The number of rotatable bonds is 3. The highest BCUT2D eigenvalue weighted by molar-refractivity contribution is 7.80. The van der Waals surface area contributed by atoms with Crippen molar-refractivity contribution >= 4 is 23.0 Å². The number of hydrogen-bond donors (Lipinski definition) is 2. The monoisotopic (exact) mass is 208 g/mol. The molecule has 0 aliphatic heterocycles. The molecular weight excluding hydrogens is 192 g/mol. The van der Waals surface area contributed by atoms with Crippen molar-refractivity contribution in [3.05, 3.63) is 29.8 Å².